The second-order valence-corrected chi connectivity index (χ2v) is 5.76. The van der Waals surface area contributed by atoms with Gasteiger partial charge in [0.15, 0.2) is 11.6 Å². The van der Waals surface area contributed by atoms with Gasteiger partial charge in [-0.1, -0.05) is 19.9 Å². The molecule has 3 nitrogen and oxygen atoms in total. The Labute approximate surface area is 115 Å². The van der Waals surface area contributed by atoms with Gasteiger partial charge in [-0.2, -0.15) is 0 Å². The third-order valence-corrected chi connectivity index (χ3v) is 2.95. The number of phenolic OH excluding ortho intramolecular Hbond substituents is 1. The highest BCUT2D eigenvalue weighted by Gasteiger charge is 2.12. The maximum Gasteiger partial charge on any atom is 0.165 e. The van der Waals surface area contributed by atoms with E-state index >= 15 is 0 Å². The van der Waals surface area contributed by atoms with Crippen molar-refractivity contribution >= 4 is 0 Å². The lowest BCUT2D eigenvalue weighted by atomic mass is 10.0. The largest absolute Gasteiger partial charge is 0.505 e. The summed E-state index contributed by atoms with van der Waals surface area (Å²) in [6, 6.07) is 4.90. The number of phenols is 1. The van der Waals surface area contributed by atoms with E-state index in [1.165, 1.54) is 12.1 Å². The van der Waals surface area contributed by atoms with Crippen molar-refractivity contribution in [1.29, 1.82) is 0 Å². The maximum atomic E-state index is 13.2. The van der Waals surface area contributed by atoms with E-state index in [2.05, 4.69) is 38.2 Å². The lowest BCUT2D eigenvalue weighted by molar-refractivity contribution is 0.305. The van der Waals surface area contributed by atoms with Crippen LogP contribution in [0.25, 0.3) is 0 Å². The summed E-state index contributed by atoms with van der Waals surface area (Å²) in [5.74, 6) is -0.239. The fourth-order valence-electron chi connectivity index (χ4n) is 2.15. The normalized spacial score (nSPS) is 13.2. The number of halogens is 1. The highest BCUT2D eigenvalue weighted by molar-refractivity contribution is 5.27. The third kappa shape index (κ3) is 6.03. The Hall–Kier alpha value is -1.13. The Morgan fingerprint density at radius 3 is 2.53 bits per heavy atom. The van der Waals surface area contributed by atoms with E-state index in [0.717, 1.165) is 18.5 Å². The van der Waals surface area contributed by atoms with Crippen molar-refractivity contribution in [1.82, 2.24) is 10.2 Å². The van der Waals surface area contributed by atoms with Gasteiger partial charge in [0.25, 0.3) is 0 Å². The Morgan fingerprint density at radius 1 is 1.32 bits per heavy atom. The van der Waals surface area contributed by atoms with E-state index in [4.69, 9.17) is 5.11 Å². The number of rotatable bonds is 7. The van der Waals surface area contributed by atoms with E-state index in [1.54, 1.807) is 6.07 Å². The zero-order chi connectivity index (χ0) is 14.4. The van der Waals surface area contributed by atoms with Gasteiger partial charge in [0, 0.05) is 19.1 Å². The second-order valence-electron chi connectivity index (χ2n) is 5.76. The van der Waals surface area contributed by atoms with E-state index in [9.17, 15) is 4.39 Å². The van der Waals surface area contributed by atoms with Gasteiger partial charge in [-0.15, -0.1) is 0 Å². The highest BCUT2D eigenvalue weighted by Crippen LogP contribution is 2.16. The van der Waals surface area contributed by atoms with Crippen molar-refractivity contribution < 1.29 is 9.50 Å². The van der Waals surface area contributed by atoms with Crippen molar-refractivity contribution in [3.05, 3.63) is 29.6 Å². The van der Waals surface area contributed by atoms with Gasteiger partial charge in [0.05, 0.1) is 0 Å². The van der Waals surface area contributed by atoms with E-state index in [0.29, 0.717) is 18.5 Å². The quantitative estimate of drug-likeness (QED) is 0.798. The number of hydrogen-bond acceptors (Lipinski definition) is 3. The van der Waals surface area contributed by atoms with Crippen molar-refractivity contribution in [3.63, 3.8) is 0 Å². The topological polar surface area (TPSA) is 35.5 Å². The van der Waals surface area contributed by atoms with Gasteiger partial charge in [-0.3, -0.25) is 0 Å². The number of likely N-dealkylation sites (N-methyl/N-ethyl adjacent to an activating group) is 1. The van der Waals surface area contributed by atoms with Crippen LogP contribution in [0.4, 0.5) is 4.39 Å². The van der Waals surface area contributed by atoms with Crippen molar-refractivity contribution in [2.45, 2.75) is 32.9 Å². The molecule has 0 aliphatic carbocycles. The lowest BCUT2D eigenvalue weighted by Crippen LogP contribution is -2.38. The molecule has 0 amide bonds. The molecule has 108 valence electrons. The first-order chi connectivity index (χ1) is 8.88. The van der Waals surface area contributed by atoms with Crippen LogP contribution in [0, 0.1) is 11.7 Å². The van der Waals surface area contributed by atoms with Crippen LogP contribution in [0.2, 0.25) is 0 Å². The van der Waals surface area contributed by atoms with Gasteiger partial charge < -0.3 is 15.3 Å². The molecule has 2 N–H and O–H groups in total. The highest BCUT2D eigenvalue weighted by atomic mass is 19.1. The fraction of sp³-hybridized carbons (Fsp3) is 0.600. The summed E-state index contributed by atoms with van der Waals surface area (Å²) in [6.45, 7) is 5.97. The Morgan fingerprint density at radius 2 is 2.00 bits per heavy atom. The summed E-state index contributed by atoms with van der Waals surface area (Å²) in [6.07, 6.45) is 1.08. The molecule has 1 aromatic carbocycles. The Kier molecular flexibility index (Phi) is 6.25. The molecule has 0 saturated heterocycles. The molecule has 0 aliphatic rings. The molecule has 19 heavy (non-hydrogen) atoms. The van der Waals surface area contributed by atoms with Gasteiger partial charge >= 0.3 is 0 Å². The average molecular weight is 268 g/mol. The van der Waals surface area contributed by atoms with Crippen molar-refractivity contribution in [3.8, 4) is 5.75 Å². The Bertz CT molecular complexity index is 384. The van der Waals surface area contributed by atoms with E-state index in [-0.39, 0.29) is 5.75 Å². The minimum absolute atomic E-state index is 0.296. The average Bonchev–Trinajstić information content (AvgIpc) is 2.29. The van der Waals surface area contributed by atoms with Crippen LogP contribution >= 0.6 is 0 Å². The number of hydrogen-bond donors (Lipinski definition) is 2. The molecule has 4 heteroatoms. The molecule has 0 bridgehead atoms. The van der Waals surface area contributed by atoms with Gasteiger partial charge in [0.1, 0.15) is 0 Å². The van der Waals surface area contributed by atoms with Crippen molar-refractivity contribution in [2.75, 3.05) is 20.6 Å². The minimum Gasteiger partial charge on any atom is -0.505 e. The van der Waals surface area contributed by atoms with Gasteiger partial charge in [-0.25, -0.2) is 4.39 Å². The number of nitrogens with zero attached hydrogens (tertiary/aromatic N) is 1. The molecule has 0 spiro atoms. The van der Waals surface area contributed by atoms with Crippen LogP contribution in [-0.2, 0) is 6.54 Å². The summed E-state index contributed by atoms with van der Waals surface area (Å²) in [5, 5.41) is 12.6. The summed E-state index contributed by atoms with van der Waals surface area (Å²) in [5.41, 5.74) is 0.850. The molecule has 0 radical (unpaired) electrons. The maximum absolute atomic E-state index is 13.2. The van der Waals surface area contributed by atoms with Crippen LogP contribution in [0.3, 0.4) is 0 Å². The molecular weight excluding hydrogens is 243 g/mol. The molecule has 0 aliphatic heterocycles. The van der Waals surface area contributed by atoms with Crippen LogP contribution in [0.1, 0.15) is 25.8 Å². The van der Waals surface area contributed by atoms with Gasteiger partial charge in [0.2, 0.25) is 0 Å². The van der Waals surface area contributed by atoms with Crippen LogP contribution < -0.4 is 5.32 Å². The molecule has 1 aromatic rings. The van der Waals surface area contributed by atoms with Crippen molar-refractivity contribution in [2.24, 2.45) is 5.92 Å². The molecule has 0 aromatic heterocycles. The molecule has 1 atom stereocenters. The predicted molar refractivity (Wildman–Crippen MR) is 76.7 cm³/mol. The summed E-state index contributed by atoms with van der Waals surface area (Å²) < 4.78 is 13.2. The number of aromatic hydroxyl groups is 1. The lowest BCUT2D eigenvalue weighted by Gasteiger charge is -2.24. The van der Waals surface area contributed by atoms with Crippen LogP contribution in [-0.4, -0.2) is 36.7 Å². The number of benzene rings is 1. The first kappa shape index (κ1) is 15.9. The second kappa shape index (κ2) is 7.46. The molecule has 0 saturated carbocycles. The summed E-state index contributed by atoms with van der Waals surface area (Å²) in [4.78, 5) is 2.15. The molecular formula is C15H25FN2O. The fourth-order valence-corrected chi connectivity index (χ4v) is 2.15. The minimum atomic E-state index is -0.563. The molecule has 1 rings (SSSR count). The zero-order valence-electron chi connectivity index (χ0n) is 12.3. The van der Waals surface area contributed by atoms with Crippen LogP contribution in [0.5, 0.6) is 5.75 Å². The monoisotopic (exact) mass is 268 g/mol. The van der Waals surface area contributed by atoms with Crippen LogP contribution in [0.15, 0.2) is 18.2 Å². The summed E-state index contributed by atoms with van der Waals surface area (Å²) >= 11 is 0. The number of nitrogens with one attached hydrogen (secondary N) is 1. The SMILES string of the molecule is CC(C)CC(CN(C)C)NCc1ccc(O)c(F)c1. The third-order valence-electron chi connectivity index (χ3n) is 2.95. The van der Waals surface area contributed by atoms with E-state index in [1.807, 2.05) is 0 Å². The predicted octanol–water partition coefficient (Wildman–Crippen LogP) is 2.60. The first-order valence-corrected chi connectivity index (χ1v) is 6.74. The summed E-state index contributed by atoms with van der Waals surface area (Å²) in [7, 11) is 4.10. The molecule has 0 heterocycles. The van der Waals surface area contributed by atoms with E-state index < -0.39 is 5.82 Å². The smallest absolute Gasteiger partial charge is 0.165 e. The van der Waals surface area contributed by atoms with Gasteiger partial charge in [-0.05, 0) is 44.1 Å². The molecule has 0 fully saturated rings. The standard InChI is InChI=1S/C15H25FN2O/c1-11(2)7-13(10-18(3)4)17-9-12-5-6-15(19)14(16)8-12/h5-6,8,11,13,17,19H,7,9-10H2,1-4H3. The molecule has 1 unspecified atom stereocenters. The zero-order valence-corrected chi connectivity index (χ0v) is 12.3. The first-order valence-electron chi connectivity index (χ1n) is 6.74. The Balaban J connectivity index is 2.56.